The fourth-order valence-electron chi connectivity index (χ4n) is 7.32. The van der Waals surface area contributed by atoms with Gasteiger partial charge in [0, 0.05) is 42.4 Å². The first-order valence-corrected chi connectivity index (χ1v) is 16.6. The fraction of sp³-hybridized carbons (Fsp3) is 0.485. The molecule has 2 amide bonds. The molecule has 0 bridgehead atoms. The first-order chi connectivity index (χ1) is 25.0. The Balaban J connectivity index is 0.000000164. The van der Waals surface area contributed by atoms with E-state index >= 15 is 0 Å². The molecule has 0 saturated carbocycles. The normalized spacial score (nSPS) is 31.4. The topological polar surface area (TPSA) is 284 Å². The molecule has 2 saturated heterocycles. The molecule has 0 aromatic carbocycles. The van der Waals surface area contributed by atoms with Gasteiger partial charge in [-0.2, -0.15) is 9.97 Å². The molecule has 0 aliphatic carbocycles. The first kappa shape index (κ1) is 36.6. The SMILES string of the molecule is COC1Nc2nc(=O)cc(C)c3cn(C4O[C@H](CO)[C@@H](O)C4(C)O)c(c23)N1.Cc1cc(=O)nc2c3c(n(C4O[C@H](CO)[C@@H](O)C4(C)O)cc13)NC(=O)N2. The van der Waals surface area contributed by atoms with E-state index in [4.69, 9.17) is 14.2 Å². The molecule has 284 valence electrons. The molecular formula is C33H40N8O12. The predicted octanol–water partition coefficient (Wildman–Crippen LogP) is -0.862. The van der Waals surface area contributed by atoms with E-state index in [2.05, 4.69) is 31.2 Å². The van der Waals surface area contributed by atoms with Crippen LogP contribution in [0, 0.1) is 13.8 Å². The molecule has 8 rings (SSSR count). The summed E-state index contributed by atoms with van der Waals surface area (Å²) in [4.78, 5) is 43.9. The molecule has 2 fully saturated rings. The largest absolute Gasteiger partial charge is 0.394 e. The Morgan fingerprint density at radius 2 is 1.25 bits per heavy atom. The maximum atomic E-state index is 12.0. The van der Waals surface area contributed by atoms with Gasteiger partial charge >= 0.3 is 6.03 Å². The van der Waals surface area contributed by atoms with Gasteiger partial charge in [0.1, 0.15) is 58.9 Å². The number of carbonyl (C=O) groups is 1. The summed E-state index contributed by atoms with van der Waals surface area (Å²) in [5.41, 5.74) is -2.93. The van der Waals surface area contributed by atoms with E-state index < -0.39 is 79.2 Å². The van der Waals surface area contributed by atoms with Crippen LogP contribution in [0.25, 0.3) is 21.5 Å². The van der Waals surface area contributed by atoms with Crippen LogP contribution >= 0.6 is 0 Å². The van der Waals surface area contributed by atoms with Crippen LogP contribution < -0.4 is 32.4 Å². The smallest absolute Gasteiger partial charge is 0.326 e. The molecule has 4 aliphatic heterocycles. The second kappa shape index (κ2) is 13.0. The molecule has 4 aliphatic rings. The number of aromatic nitrogens is 4. The molecular weight excluding hydrogens is 700 g/mol. The number of nitrogens with one attached hydrogen (secondary N) is 4. The average molecular weight is 741 g/mol. The van der Waals surface area contributed by atoms with E-state index in [0.29, 0.717) is 38.9 Å². The lowest BCUT2D eigenvalue weighted by Crippen LogP contribution is -2.44. The van der Waals surface area contributed by atoms with Crippen LogP contribution in [0.5, 0.6) is 0 Å². The number of aryl methyl sites for hydroxylation is 2. The number of urea groups is 1. The molecule has 53 heavy (non-hydrogen) atoms. The lowest BCUT2D eigenvalue weighted by Gasteiger charge is -2.31. The van der Waals surface area contributed by atoms with Crippen LogP contribution in [0.2, 0.25) is 0 Å². The average Bonchev–Trinajstić information content (AvgIpc) is 3.74. The molecule has 0 radical (unpaired) electrons. The summed E-state index contributed by atoms with van der Waals surface area (Å²) in [6, 6.07) is 2.18. The molecule has 10 N–H and O–H groups in total. The Bertz CT molecular complexity index is 2260. The van der Waals surface area contributed by atoms with E-state index in [0.717, 1.165) is 5.39 Å². The number of methoxy groups -OCH3 is 1. The maximum Gasteiger partial charge on any atom is 0.326 e. The number of aliphatic hydroxyl groups is 6. The van der Waals surface area contributed by atoms with Crippen LogP contribution in [0.4, 0.5) is 28.1 Å². The van der Waals surface area contributed by atoms with Gasteiger partial charge in [0.05, 0.1) is 24.0 Å². The van der Waals surface area contributed by atoms with Gasteiger partial charge in [-0.1, -0.05) is 0 Å². The molecule has 5 unspecified atom stereocenters. The molecule has 20 nitrogen and oxygen atoms in total. The lowest BCUT2D eigenvalue weighted by molar-refractivity contribution is -0.0956. The Labute approximate surface area is 299 Å². The summed E-state index contributed by atoms with van der Waals surface area (Å²) in [7, 11) is 1.49. The highest BCUT2D eigenvalue weighted by atomic mass is 16.6. The predicted molar refractivity (Wildman–Crippen MR) is 187 cm³/mol. The molecule has 9 atom stereocenters. The summed E-state index contributed by atoms with van der Waals surface area (Å²) >= 11 is 0. The second-order valence-corrected chi connectivity index (χ2v) is 13.8. The fourth-order valence-corrected chi connectivity index (χ4v) is 7.32. The highest BCUT2D eigenvalue weighted by Crippen LogP contribution is 2.46. The van der Waals surface area contributed by atoms with Crippen LogP contribution in [-0.2, 0) is 14.2 Å². The summed E-state index contributed by atoms with van der Waals surface area (Å²) in [5.74, 6) is 1.25. The highest BCUT2D eigenvalue weighted by Gasteiger charge is 2.55. The van der Waals surface area contributed by atoms with Crippen molar-refractivity contribution in [3.05, 3.63) is 56.4 Å². The third kappa shape index (κ3) is 5.79. The summed E-state index contributed by atoms with van der Waals surface area (Å²) in [5, 5.41) is 74.7. The van der Waals surface area contributed by atoms with E-state index in [1.807, 2.05) is 0 Å². The van der Waals surface area contributed by atoms with Crippen molar-refractivity contribution < 1.29 is 49.6 Å². The van der Waals surface area contributed by atoms with Crippen molar-refractivity contribution in [3.8, 4) is 0 Å². The quantitative estimate of drug-likeness (QED) is 0.119. The lowest BCUT2D eigenvalue weighted by atomic mass is 9.96. The van der Waals surface area contributed by atoms with E-state index in [-0.39, 0.29) is 17.2 Å². The monoisotopic (exact) mass is 740 g/mol. The van der Waals surface area contributed by atoms with Gasteiger partial charge in [0.2, 0.25) is 6.35 Å². The minimum absolute atomic E-state index is 0.104. The molecule has 0 spiro atoms. The zero-order valence-electron chi connectivity index (χ0n) is 29.2. The number of hydrogen-bond donors (Lipinski definition) is 10. The second-order valence-electron chi connectivity index (χ2n) is 13.8. The van der Waals surface area contributed by atoms with E-state index in [1.165, 1.54) is 37.7 Å². The van der Waals surface area contributed by atoms with Crippen molar-refractivity contribution in [1.29, 1.82) is 0 Å². The van der Waals surface area contributed by atoms with E-state index in [9.17, 15) is 45.0 Å². The van der Waals surface area contributed by atoms with Gasteiger partial charge in [0.25, 0.3) is 11.1 Å². The van der Waals surface area contributed by atoms with Crippen LogP contribution in [0.15, 0.2) is 34.1 Å². The van der Waals surface area contributed by atoms with Crippen molar-refractivity contribution in [2.45, 2.75) is 82.1 Å². The standard InChI is InChI=1S/C17H22N4O6.C16H18N4O6/c1-7-4-10(23)18-13-11-8(7)5-21(14(11)20-16(19-13)26-3)15-17(2,25)12(24)9(6-22)27-15;1-6-3-9(22)17-12-10-7(6)4-20(13(10)19-15(24)18-12)14-16(2,25)11(23)8(5-21)26-14/h4-5,9,12,15-16,20,22,24-25H,6H2,1-3H3,(H,18,19,23);3-4,8,11,14,21,23,25H,5H2,1-2H3,(H2,17,18,19,22,24)/t9-,12-,15?,16?,17?;8-,11-,14?,16?/m11/s1. The number of nitrogens with zero attached hydrogens (tertiary/aromatic N) is 4. The Kier molecular flexibility index (Phi) is 8.95. The zero-order chi connectivity index (χ0) is 38.3. The third-order valence-corrected chi connectivity index (χ3v) is 10.1. The number of aliphatic hydroxyl groups excluding tert-OH is 4. The number of amides is 2. The molecule has 4 aromatic heterocycles. The van der Waals surface area contributed by atoms with Gasteiger partial charge in [-0.15, -0.1) is 0 Å². The summed E-state index contributed by atoms with van der Waals surface area (Å²) < 4.78 is 19.8. The van der Waals surface area contributed by atoms with Gasteiger partial charge in [0.15, 0.2) is 12.5 Å². The Morgan fingerprint density at radius 1 is 0.774 bits per heavy atom. The number of anilines is 4. The van der Waals surface area contributed by atoms with Gasteiger partial charge < -0.3 is 64.6 Å². The van der Waals surface area contributed by atoms with E-state index in [1.54, 1.807) is 30.8 Å². The number of carbonyl (C=O) groups excluding carboxylic acids is 1. The summed E-state index contributed by atoms with van der Waals surface area (Å²) in [6.45, 7) is 5.45. The van der Waals surface area contributed by atoms with Crippen LogP contribution in [-0.4, -0.2) is 118 Å². The first-order valence-electron chi connectivity index (χ1n) is 16.6. The third-order valence-electron chi connectivity index (χ3n) is 10.1. The maximum absolute atomic E-state index is 12.0. The minimum atomic E-state index is -1.72. The van der Waals surface area contributed by atoms with Crippen molar-refractivity contribution in [2.75, 3.05) is 41.6 Å². The Hall–Kier alpha value is -4.77. The molecule has 8 heterocycles. The van der Waals surface area contributed by atoms with Crippen LogP contribution in [0.1, 0.15) is 37.4 Å². The molecule has 4 aromatic rings. The van der Waals surface area contributed by atoms with Gasteiger partial charge in [-0.05, 0) is 38.8 Å². The van der Waals surface area contributed by atoms with Crippen molar-refractivity contribution in [2.24, 2.45) is 0 Å². The van der Waals surface area contributed by atoms with Crippen LogP contribution in [0.3, 0.4) is 0 Å². The van der Waals surface area contributed by atoms with Gasteiger partial charge in [-0.25, -0.2) is 4.79 Å². The Morgan fingerprint density at radius 3 is 1.72 bits per heavy atom. The number of rotatable bonds is 5. The highest BCUT2D eigenvalue weighted by molar-refractivity contribution is 6.16. The molecule has 20 heteroatoms. The number of ether oxygens (including phenoxy) is 3. The van der Waals surface area contributed by atoms with Crippen molar-refractivity contribution in [3.63, 3.8) is 0 Å². The van der Waals surface area contributed by atoms with Crippen molar-refractivity contribution in [1.82, 2.24) is 19.1 Å². The minimum Gasteiger partial charge on any atom is -0.394 e. The van der Waals surface area contributed by atoms with Gasteiger partial charge in [-0.3, -0.25) is 20.2 Å². The summed E-state index contributed by atoms with van der Waals surface area (Å²) in [6.07, 6.45) is -3.86. The number of hydrogen-bond acceptors (Lipinski definition) is 16. The van der Waals surface area contributed by atoms with Crippen molar-refractivity contribution >= 4 is 50.8 Å². The zero-order valence-corrected chi connectivity index (χ0v) is 29.2.